The molecule has 0 spiro atoms. The van der Waals surface area contributed by atoms with E-state index in [4.69, 9.17) is 4.74 Å². The molecule has 5 nitrogen and oxygen atoms in total. The molecular weight excluding hydrogens is 304 g/mol. The minimum Gasteiger partial charge on any atom is -0.497 e. The van der Waals surface area contributed by atoms with Gasteiger partial charge >= 0.3 is 0 Å². The zero-order chi connectivity index (χ0) is 16.7. The van der Waals surface area contributed by atoms with Crippen LogP contribution in [0.15, 0.2) is 54.6 Å². The highest BCUT2D eigenvalue weighted by Gasteiger charge is 2.38. The van der Waals surface area contributed by atoms with Crippen LogP contribution < -0.4 is 10.1 Å². The zero-order valence-corrected chi connectivity index (χ0v) is 13.3. The molecule has 3 atom stereocenters. The summed E-state index contributed by atoms with van der Waals surface area (Å²) >= 11 is 0. The van der Waals surface area contributed by atoms with E-state index in [1.165, 1.54) is 11.6 Å². The Kier molecular flexibility index (Phi) is 3.49. The molecular formula is C19H18N2O3. The van der Waals surface area contributed by atoms with Gasteiger partial charge in [0.2, 0.25) is 0 Å². The van der Waals surface area contributed by atoms with Crippen LogP contribution in [0.1, 0.15) is 29.5 Å². The number of rotatable bonds is 3. The summed E-state index contributed by atoms with van der Waals surface area (Å²) < 4.78 is 5.36. The molecule has 0 fully saturated rings. The van der Waals surface area contributed by atoms with Gasteiger partial charge in [0.15, 0.2) is 0 Å². The number of allylic oxidation sites excluding steroid dienone is 2. The van der Waals surface area contributed by atoms with E-state index in [-0.39, 0.29) is 16.7 Å². The van der Waals surface area contributed by atoms with Crippen molar-refractivity contribution in [2.24, 2.45) is 5.92 Å². The van der Waals surface area contributed by atoms with E-state index < -0.39 is 0 Å². The summed E-state index contributed by atoms with van der Waals surface area (Å²) in [6, 6.07) is 13.1. The molecule has 5 heteroatoms. The second kappa shape index (κ2) is 5.67. The van der Waals surface area contributed by atoms with E-state index in [0.717, 1.165) is 23.4 Å². The normalized spacial score (nSPS) is 24.0. The summed E-state index contributed by atoms with van der Waals surface area (Å²) in [5.41, 5.74) is 3.40. The van der Waals surface area contributed by atoms with Gasteiger partial charge in [0.25, 0.3) is 5.69 Å². The third-order valence-corrected chi connectivity index (χ3v) is 5.01. The SMILES string of the molecule is COc1ccc2c(c1)C1C=CCC1C(c1cccc([N+](=O)[O-])c1)N2. The van der Waals surface area contributed by atoms with Crippen LogP contribution in [-0.4, -0.2) is 12.0 Å². The van der Waals surface area contributed by atoms with Crippen LogP contribution in [-0.2, 0) is 0 Å². The van der Waals surface area contributed by atoms with Crippen LogP contribution in [0.2, 0.25) is 0 Å². The van der Waals surface area contributed by atoms with E-state index in [1.807, 2.05) is 18.2 Å². The van der Waals surface area contributed by atoms with Gasteiger partial charge in [0, 0.05) is 23.7 Å². The number of fused-ring (bicyclic) bond motifs is 3. The smallest absolute Gasteiger partial charge is 0.269 e. The maximum atomic E-state index is 11.1. The lowest BCUT2D eigenvalue weighted by Gasteiger charge is -2.37. The van der Waals surface area contributed by atoms with Crippen LogP contribution in [0, 0.1) is 16.0 Å². The first-order chi connectivity index (χ1) is 11.7. The Labute approximate surface area is 140 Å². The maximum absolute atomic E-state index is 11.1. The minimum atomic E-state index is -0.338. The Morgan fingerprint density at radius 3 is 2.92 bits per heavy atom. The summed E-state index contributed by atoms with van der Waals surface area (Å²) in [4.78, 5) is 10.8. The van der Waals surface area contributed by atoms with Crippen molar-refractivity contribution in [2.45, 2.75) is 18.4 Å². The molecule has 1 heterocycles. The molecule has 2 aromatic rings. The zero-order valence-electron chi connectivity index (χ0n) is 13.3. The average Bonchev–Trinajstić information content (AvgIpc) is 3.10. The highest BCUT2D eigenvalue weighted by Crippen LogP contribution is 2.50. The van der Waals surface area contributed by atoms with Gasteiger partial charge in [-0.1, -0.05) is 24.3 Å². The second-order valence-electron chi connectivity index (χ2n) is 6.28. The third kappa shape index (κ3) is 2.33. The van der Waals surface area contributed by atoms with E-state index in [9.17, 15) is 10.1 Å². The molecule has 0 radical (unpaired) electrons. The predicted molar refractivity (Wildman–Crippen MR) is 92.4 cm³/mol. The topological polar surface area (TPSA) is 64.4 Å². The molecule has 0 aromatic heterocycles. The average molecular weight is 322 g/mol. The van der Waals surface area contributed by atoms with Gasteiger partial charge in [-0.15, -0.1) is 0 Å². The van der Waals surface area contributed by atoms with Crippen LogP contribution in [0.5, 0.6) is 5.75 Å². The predicted octanol–water partition coefficient (Wildman–Crippen LogP) is 4.43. The fourth-order valence-electron chi connectivity index (χ4n) is 3.86. The summed E-state index contributed by atoms with van der Waals surface area (Å²) in [7, 11) is 1.67. The van der Waals surface area contributed by atoms with Crippen molar-refractivity contribution in [3.63, 3.8) is 0 Å². The largest absolute Gasteiger partial charge is 0.497 e. The maximum Gasteiger partial charge on any atom is 0.269 e. The summed E-state index contributed by atoms with van der Waals surface area (Å²) in [5.74, 6) is 1.51. The standard InChI is InChI=1S/C19H18N2O3/c1-24-14-8-9-18-17(11-14)15-6-3-7-16(15)19(20-18)12-4-2-5-13(10-12)21(22)23/h2-6,8-11,15-16,19-20H,7H2,1H3. The lowest BCUT2D eigenvalue weighted by Crippen LogP contribution is -2.29. The van der Waals surface area contributed by atoms with Crippen molar-refractivity contribution in [1.29, 1.82) is 0 Å². The van der Waals surface area contributed by atoms with Crippen molar-refractivity contribution in [3.8, 4) is 5.75 Å². The molecule has 2 aromatic carbocycles. The number of ether oxygens (including phenoxy) is 1. The minimum absolute atomic E-state index is 0.0609. The third-order valence-electron chi connectivity index (χ3n) is 5.01. The molecule has 4 rings (SSSR count). The van der Waals surface area contributed by atoms with Gasteiger partial charge in [-0.25, -0.2) is 0 Å². The Balaban J connectivity index is 1.76. The van der Waals surface area contributed by atoms with Gasteiger partial charge in [-0.2, -0.15) is 0 Å². The van der Waals surface area contributed by atoms with Crippen LogP contribution in [0.25, 0.3) is 0 Å². The molecule has 0 saturated heterocycles. The number of nitrogens with zero attached hydrogens (tertiary/aromatic N) is 1. The first kappa shape index (κ1) is 14.8. The molecule has 0 saturated carbocycles. The Hall–Kier alpha value is -2.82. The highest BCUT2D eigenvalue weighted by atomic mass is 16.6. The van der Waals surface area contributed by atoms with Crippen LogP contribution >= 0.6 is 0 Å². The van der Waals surface area contributed by atoms with Crippen LogP contribution in [0.4, 0.5) is 11.4 Å². The van der Waals surface area contributed by atoms with Crippen molar-refractivity contribution < 1.29 is 9.66 Å². The number of nitro benzene ring substituents is 1. The van der Waals surface area contributed by atoms with Gasteiger partial charge in [0.1, 0.15) is 5.75 Å². The fraction of sp³-hybridized carbons (Fsp3) is 0.263. The number of anilines is 1. The van der Waals surface area contributed by atoms with Crippen molar-refractivity contribution in [1.82, 2.24) is 0 Å². The van der Waals surface area contributed by atoms with Gasteiger partial charge < -0.3 is 10.1 Å². The molecule has 0 bridgehead atoms. The van der Waals surface area contributed by atoms with Crippen LogP contribution in [0.3, 0.4) is 0 Å². The lowest BCUT2D eigenvalue weighted by atomic mass is 9.77. The second-order valence-corrected chi connectivity index (χ2v) is 6.28. The summed E-state index contributed by atoms with van der Waals surface area (Å²) in [5, 5.41) is 14.7. The molecule has 1 aliphatic heterocycles. The van der Waals surface area contributed by atoms with Gasteiger partial charge in [-0.05, 0) is 41.7 Å². The monoisotopic (exact) mass is 322 g/mol. The Morgan fingerprint density at radius 1 is 1.25 bits per heavy atom. The van der Waals surface area contributed by atoms with E-state index in [2.05, 4.69) is 23.5 Å². The quantitative estimate of drug-likeness (QED) is 0.516. The summed E-state index contributed by atoms with van der Waals surface area (Å²) in [6.45, 7) is 0. The number of hydrogen-bond donors (Lipinski definition) is 1. The van der Waals surface area contributed by atoms with Crippen molar-refractivity contribution >= 4 is 11.4 Å². The molecule has 122 valence electrons. The van der Waals surface area contributed by atoms with E-state index in [0.29, 0.717) is 11.8 Å². The molecule has 1 aliphatic carbocycles. The molecule has 24 heavy (non-hydrogen) atoms. The van der Waals surface area contributed by atoms with Crippen molar-refractivity contribution in [3.05, 3.63) is 75.9 Å². The number of hydrogen-bond acceptors (Lipinski definition) is 4. The van der Waals surface area contributed by atoms with Gasteiger partial charge in [0.05, 0.1) is 18.1 Å². The molecule has 3 unspecified atom stereocenters. The number of non-ortho nitro benzene ring substituents is 1. The fourth-order valence-corrected chi connectivity index (χ4v) is 3.86. The van der Waals surface area contributed by atoms with E-state index >= 15 is 0 Å². The molecule has 0 amide bonds. The lowest BCUT2D eigenvalue weighted by molar-refractivity contribution is -0.384. The first-order valence-corrected chi connectivity index (χ1v) is 8.03. The first-order valence-electron chi connectivity index (χ1n) is 8.03. The van der Waals surface area contributed by atoms with Crippen molar-refractivity contribution in [2.75, 3.05) is 12.4 Å². The Bertz CT molecular complexity index is 831. The molecule has 2 aliphatic rings. The number of methoxy groups -OCH3 is 1. The van der Waals surface area contributed by atoms with E-state index in [1.54, 1.807) is 19.2 Å². The Morgan fingerprint density at radius 2 is 2.12 bits per heavy atom. The highest BCUT2D eigenvalue weighted by molar-refractivity contribution is 5.62. The number of nitrogens with one attached hydrogen (secondary N) is 1. The van der Waals surface area contributed by atoms with Gasteiger partial charge in [-0.3, -0.25) is 10.1 Å². The molecule has 1 N–H and O–H groups in total. The summed E-state index contributed by atoms with van der Waals surface area (Å²) in [6.07, 6.45) is 5.41. The number of nitro groups is 1. The number of benzene rings is 2.